The summed E-state index contributed by atoms with van der Waals surface area (Å²) < 4.78 is 5.30. The van der Waals surface area contributed by atoms with Gasteiger partial charge in [0.2, 0.25) is 0 Å². The highest BCUT2D eigenvalue weighted by molar-refractivity contribution is 6.33. The van der Waals surface area contributed by atoms with E-state index in [9.17, 15) is 0 Å². The van der Waals surface area contributed by atoms with E-state index in [1.807, 2.05) is 0 Å². The van der Waals surface area contributed by atoms with E-state index in [0.29, 0.717) is 5.02 Å². The van der Waals surface area contributed by atoms with Gasteiger partial charge in [0.05, 0.1) is 17.7 Å². The summed E-state index contributed by atoms with van der Waals surface area (Å²) in [6.07, 6.45) is 2.91. The third-order valence-electron chi connectivity index (χ3n) is 2.84. The molecule has 16 heavy (non-hydrogen) atoms. The first-order chi connectivity index (χ1) is 7.74. The number of pyridine rings is 1. The SMILES string of the molecule is COC1CCN(c2ncc(CO)cc2Cl)C1. The molecule has 0 radical (unpaired) electrons. The summed E-state index contributed by atoms with van der Waals surface area (Å²) in [6.45, 7) is 1.69. The van der Waals surface area contributed by atoms with Gasteiger partial charge in [-0.2, -0.15) is 0 Å². The number of rotatable bonds is 3. The minimum absolute atomic E-state index is 0.0340. The van der Waals surface area contributed by atoms with Gasteiger partial charge in [-0.3, -0.25) is 0 Å². The van der Waals surface area contributed by atoms with Gasteiger partial charge in [-0.05, 0) is 18.1 Å². The van der Waals surface area contributed by atoms with Crippen LogP contribution < -0.4 is 4.90 Å². The van der Waals surface area contributed by atoms with E-state index in [2.05, 4.69) is 9.88 Å². The van der Waals surface area contributed by atoms with Crippen molar-refractivity contribution in [3.63, 3.8) is 0 Å². The first-order valence-electron chi connectivity index (χ1n) is 5.27. The van der Waals surface area contributed by atoms with Crippen LogP contribution in [0.2, 0.25) is 5.02 Å². The summed E-state index contributed by atoms with van der Waals surface area (Å²) in [5.74, 6) is 0.776. The molecule has 1 saturated heterocycles. The molecule has 0 saturated carbocycles. The van der Waals surface area contributed by atoms with Gasteiger partial charge in [0.15, 0.2) is 0 Å². The molecule has 1 unspecified atom stereocenters. The van der Waals surface area contributed by atoms with Crippen LogP contribution in [0.15, 0.2) is 12.3 Å². The zero-order valence-electron chi connectivity index (χ0n) is 9.19. The number of aliphatic hydroxyl groups excluding tert-OH is 1. The first kappa shape index (κ1) is 11.6. The molecule has 1 N–H and O–H groups in total. The van der Waals surface area contributed by atoms with Gasteiger partial charge >= 0.3 is 0 Å². The Hall–Kier alpha value is -0.840. The van der Waals surface area contributed by atoms with Crippen LogP contribution in [-0.4, -0.2) is 36.4 Å². The lowest BCUT2D eigenvalue weighted by molar-refractivity contribution is 0.121. The number of aromatic nitrogens is 1. The van der Waals surface area contributed by atoms with Crippen molar-refractivity contribution in [2.45, 2.75) is 19.1 Å². The molecule has 1 aliphatic heterocycles. The number of ether oxygens (including phenoxy) is 1. The van der Waals surface area contributed by atoms with Gasteiger partial charge in [0.1, 0.15) is 5.82 Å². The van der Waals surface area contributed by atoms with Crippen LogP contribution in [0, 0.1) is 0 Å². The van der Waals surface area contributed by atoms with Gasteiger partial charge in [-0.25, -0.2) is 4.98 Å². The summed E-state index contributed by atoms with van der Waals surface area (Å²) in [4.78, 5) is 6.39. The first-order valence-corrected chi connectivity index (χ1v) is 5.65. The predicted octanol–water partition coefficient (Wildman–Crippen LogP) is 1.45. The molecule has 0 aromatic carbocycles. The Bertz CT molecular complexity index is 373. The maximum atomic E-state index is 8.97. The Morgan fingerprint density at radius 1 is 1.69 bits per heavy atom. The number of methoxy groups -OCH3 is 1. The second-order valence-electron chi connectivity index (χ2n) is 3.90. The minimum Gasteiger partial charge on any atom is -0.392 e. The quantitative estimate of drug-likeness (QED) is 0.872. The van der Waals surface area contributed by atoms with Gasteiger partial charge < -0.3 is 14.7 Å². The Labute approximate surface area is 99.8 Å². The van der Waals surface area contributed by atoms with Gasteiger partial charge in [0.25, 0.3) is 0 Å². The summed E-state index contributed by atoms with van der Waals surface area (Å²) in [5.41, 5.74) is 0.733. The molecular weight excluding hydrogens is 228 g/mol. The van der Waals surface area contributed by atoms with E-state index in [0.717, 1.165) is 30.9 Å². The number of anilines is 1. The normalized spacial score (nSPS) is 20.4. The third-order valence-corrected chi connectivity index (χ3v) is 3.12. The van der Waals surface area contributed by atoms with Crippen molar-refractivity contribution in [2.75, 3.05) is 25.1 Å². The highest BCUT2D eigenvalue weighted by atomic mass is 35.5. The molecule has 1 atom stereocenters. The van der Waals surface area contributed by atoms with Crippen LogP contribution in [0.4, 0.5) is 5.82 Å². The Morgan fingerprint density at radius 3 is 3.06 bits per heavy atom. The van der Waals surface area contributed by atoms with Gasteiger partial charge in [-0.15, -0.1) is 0 Å². The summed E-state index contributed by atoms with van der Waals surface area (Å²) in [5, 5.41) is 9.55. The Balaban J connectivity index is 2.15. The van der Waals surface area contributed by atoms with Crippen LogP contribution in [0.25, 0.3) is 0 Å². The maximum Gasteiger partial charge on any atom is 0.147 e. The second kappa shape index (κ2) is 4.99. The number of nitrogens with zero attached hydrogens (tertiary/aromatic N) is 2. The van der Waals surface area contributed by atoms with Crippen LogP contribution in [-0.2, 0) is 11.3 Å². The molecule has 1 aromatic heterocycles. The van der Waals surface area contributed by atoms with Crippen molar-refractivity contribution in [2.24, 2.45) is 0 Å². The lowest BCUT2D eigenvalue weighted by Crippen LogP contribution is -2.23. The van der Waals surface area contributed by atoms with E-state index < -0.39 is 0 Å². The van der Waals surface area contributed by atoms with Crippen molar-refractivity contribution >= 4 is 17.4 Å². The smallest absolute Gasteiger partial charge is 0.147 e. The van der Waals surface area contributed by atoms with Crippen molar-refractivity contribution in [3.8, 4) is 0 Å². The zero-order chi connectivity index (χ0) is 11.5. The van der Waals surface area contributed by atoms with Gasteiger partial charge in [0, 0.05) is 26.4 Å². The molecule has 1 fully saturated rings. The largest absolute Gasteiger partial charge is 0.392 e. The van der Waals surface area contributed by atoms with E-state index in [-0.39, 0.29) is 12.7 Å². The topological polar surface area (TPSA) is 45.6 Å². The number of hydrogen-bond acceptors (Lipinski definition) is 4. The lowest BCUT2D eigenvalue weighted by atomic mass is 10.3. The van der Waals surface area contributed by atoms with E-state index >= 15 is 0 Å². The molecular formula is C11H15ClN2O2. The highest BCUT2D eigenvalue weighted by Gasteiger charge is 2.24. The molecule has 0 spiro atoms. The molecule has 2 rings (SSSR count). The minimum atomic E-state index is -0.0340. The fourth-order valence-electron chi connectivity index (χ4n) is 1.90. The standard InChI is InChI=1S/C11H15ClN2O2/c1-16-9-2-3-14(6-9)11-10(12)4-8(7-15)5-13-11/h4-5,9,15H,2-3,6-7H2,1H3. The van der Waals surface area contributed by atoms with Crippen molar-refractivity contribution < 1.29 is 9.84 Å². The van der Waals surface area contributed by atoms with Gasteiger partial charge in [-0.1, -0.05) is 11.6 Å². The van der Waals surface area contributed by atoms with Crippen molar-refractivity contribution in [3.05, 3.63) is 22.8 Å². The highest BCUT2D eigenvalue weighted by Crippen LogP contribution is 2.27. The third kappa shape index (κ3) is 2.29. The average Bonchev–Trinajstić information content (AvgIpc) is 2.77. The monoisotopic (exact) mass is 242 g/mol. The van der Waals surface area contributed by atoms with E-state index in [1.165, 1.54) is 0 Å². The molecule has 1 aromatic rings. The number of halogens is 1. The van der Waals surface area contributed by atoms with Crippen LogP contribution >= 0.6 is 11.6 Å². The summed E-state index contributed by atoms with van der Waals surface area (Å²) in [6, 6.07) is 1.75. The Kier molecular flexibility index (Phi) is 3.63. The van der Waals surface area contributed by atoms with Crippen LogP contribution in [0.1, 0.15) is 12.0 Å². The predicted molar refractivity (Wildman–Crippen MR) is 62.8 cm³/mol. The van der Waals surface area contributed by atoms with E-state index in [4.69, 9.17) is 21.4 Å². The number of hydrogen-bond donors (Lipinski definition) is 1. The van der Waals surface area contributed by atoms with Crippen molar-refractivity contribution in [1.82, 2.24) is 4.98 Å². The maximum absolute atomic E-state index is 8.97. The molecule has 0 aliphatic carbocycles. The molecule has 1 aliphatic rings. The molecule has 5 heteroatoms. The van der Waals surface area contributed by atoms with E-state index in [1.54, 1.807) is 19.4 Å². The molecule has 2 heterocycles. The summed E-state index contributed by atoms with van der Waals surface area (Å²) in [7, 11) is 1.72. The molecule has 0 amide bonds. The van der Waals surface area contributed by atoms with Crippen LogP contribution in [0.3, 0.4) is 0 Å². The molecule has 4 nitrogen and oxygen atoms in total. The number of aliphatic hydroxyl groups is 1. The fraction of sp³-hybridized carbons (Fsp3) is 0.545. The zero-order valence-corrected chi connectivity index (χ0v) is 9.94. The fourth-order valence-corrected chi connectivity index (χ4v) is 2.21. The van der Waals surface area contributed by atoms with Crippen LogP contribution in [0.5, 0.6) is 0 Å². The second-order valence-corrected chi connectivity index (χ2v) is 4.31. The van der Waals surface area contributed by atoms with Crippen molar-refractivity contribution in [1.29, 1.82) is 0 Å². The lowest BCUT2D eigenvalue weighted by Gasteiger charge is -2.18. The summed E-state index contributed by atoms with van der Waals surface area (Å²) >= 11 is 6.12. The molecule has 88 valence electrons. The Morgan fingerprint density at radius 2 is 2.50 bits per heavy atom. The molecule has 0 bridgehead atoms. The average molecular weight is 243 g/mol.